The Morgan fingerprint density at radius 1 is 1.15 bits per heavy atom. The molecule has 3 aromatic rings. The van der Waals surface area contributed by atoms with Crippen LogP contribution in [0.1, 0.15) is 50.4 Å². The maximum Gasteiger partial charge on any atom is 0.321 e. The van der Waals surface area contributed by atoms with Crippen molar-refractivity contribution in [3.05, 3.63) is 66.6 Å². The maximum atomic E-state index is 14.3. The number of sulfonamides is 1. The lowest BCUT2D eigenvalue weighted by Crippen LogP contribution is -2.48. The minimum Gasteiger partial charge on any atom is -0.490 e. The van der Waals surface area contributed by atoms with Crippen LogP contribution >= 0.6 is 0 Å². The highest BCUT2D eigenvalue weighted by Gasteiger charge is 2.31. The van der Waals surface area contributed by atoms with E-state index in [0.29, 0.717) is 24.5 Å². The van der Waals surface area contributed by atoms with Crippen molar-refractivity contribution in [1.29, 1.82) is 0 Å². The van der Waals surface area contributed by atoms with Crippen LogP contribution in [0.4, 0.5) is 16.2 Å². The van der Waals surface area contributed by atoms with E-state index in [2.05, 4.69) is 15.0 Å². The number of anilines is 2. The summed E-state index contributed by atoms with van der Waals surface area (Å²) >= 11 is 0. The summed E-state index contributed by atoms with van der Waals surface area (Å²) in [5.74, 6) is -0.379. The molecule has 4 atom stereocenters. The Hall–Kier alpha value is -4.14. The van der Waals surface area contributed by atoms with E-state index in [-0.39, 0.29) is 54.0 Å². The van der Waals surface area contributed by atoms with Crippen LogP contribution < -0.4 is 14.8 Å². The number of ether oxygens (including phenoxy) is 2. The minimum atomic E-state index is -4.03. The van der Waals surface area contributed by atoms with Crippen molar-refractivity contribution in [1.82, 2.24) is 19.4 Å². The van der Waals surface area contributed by atoms with Crippen LogP contribution in [-0.2, 0) is 21.8 Å². The number of para-hydroxylation sites is 1. The molecule has 14 heteroatoms. The lowest BCUT2D eigenvalue weighted by Gasteiger charge is -2.35. The van der Waals surface area contributed by atoms with Crippen molar-refractivity contribution in [2.45, 2.75) is 63.3 Å². The highest BCUT2D eigenvalue weighted by atomic mass is 32.2. The number of benzene rings is 2. The summed E-state index contributed by atoms with van der Waals surface area (Å²) in [4.78, 5) is 34.4. The number of likely N-dealkylation sites (N-methyl/N-ethyl adjacent to an activating group) is 1. The molecule has 0 radical (unpaired) electrons. The van der Waals surface area contributed by atoms with Gasteiger partial charge in [0.2, 0.25) is 0 Å². The smallest absolute Gasteiger partial charge is 0.321 e. The molecule has 0 saturated heterocycles. The first kappa shape index (κ1) is 35.7. The van der Waals surface area contributed by atoms with Crippen LogP contribution in [0.25, 0.3) is 0 Å². The molecular weight excluding hydrogens is 624 g/mol. The molecule has 0 saturated carbocycles. The van der Waals surface area contributed by atoms with Crippen molar-refractivity contribution in [2.75, 3.05) is 43.4 Å². The summed E-state index contributed by atoms with van der Waals surface area (Å²) in [5, 5.41) is 12.9. The summed E-state index contributed by atoms with van der Waals surface area (Å²) in [6.07, 6.45) is 4.38. The third-order valence-electron chi connectivity index (χ3n) is 8.09. The van der Waals surface area contributed by atoms with Crippen molar-refractivity contribution in [2.24, 2.45) is 13.0 Å². The fraction of sp³-hybridized carbons (Fsp3) is 0.485. The summed E-state index contributed by atoms with van der Waals surface area (Å²) in [7, 11) is -0.664. The van der Waals surface area contributed by atoms with Crippen LogP contribution in [0, 0.1) is 5.92 Å². The number of aromatic nitrogens is 2. The third-order valence-corrected chi connectivity index (χ3v) is 9.35. The maximum absolute atomic E-state index is 14.3. The predicted molar refractivity (Wildman–Crippen MR) is 179 cm³/mol. The number of fused-ring (bicyclic) bond motifs is 1. The number of hydrogen-bond acceptors (Lipinski definition) is 8. The summed E-state index contributed by atoms with van der Waals surface area (Å²) < 4.78 is 42.7. The molecule has 3 N–H and O–H groups in total. The van der Waals surface area contributed by atoms with Gasteiger partial charge in [-0.2, -0.15) is 8.42 Å². The highest BCUT2D eigenvalue weighted by Crippen LogP contribution is 2.29. The van der Waals surface area contributed by atoms with Crippen LogP contribution in [-0.4, -0.2) is 96.4 Å². The number of rotatable bonds is 8. The Balaban J connectivity index is 1.62. The molecule has 1 aromatic heterocycles. The molecule has 3 amide bonds. The van der Waals surface area contributed by atoms with Crippen LogP contribution in [0.5, 0.6) is 5.75 Å². The first-order chi connectivity index (χ1) is 22.4. The molecule has 0 bridgehead atoms. The number of imidazole rings is 1. The van der Waals surface area contributed by atoms with Crippen molar-refractivity contribution < 1.29 is 32.6 Å². The van der Waals surface area contributed by atoms with E-state index in [1.165, 1.54) is 23.2 Å². The molecule has 13 nitrogen and oxygen atoms in total. The van der Waals surface area contributed by atoms with E-state index in [4.69, 9.17) is 9.47 Å². The summed E-state index contributed by atoms with van der Waals surface area (Å²) in [6.45, 7) is 6.22. The number of aliphatic hydroxyl groups is 1. The molecule has 1 aliphatic heterocycles. The lowest BCUT2D eigenvalue weighted by atomic mass is 10.0. The fourth-order valence-corrected chi connectivity index (χ4v) is 6.31. The second kappa shape index (κ2) is 16.1. The molecule has 2 heterocycles. The Morgan fingerprint density at radius 2 is 1.89 bits per heavy atom. The van der Waals surface area contributed by atoms with E-state index >= 15 is 0 Å². The van der Waals surface area contributed by atoms with Crippen LogP contribution in [0.2, 0.25) is 0 Å². The number of amides is 3. The van der Waals surface area contributed by atoms with Gasteiger partial charge in [0.25, 0.3) is 15.9 Å². The SMILES string of the molecule is C[C@@H]1CCCCO[C@@H](CN(C)C(=O)Nc2ccccc2)[C@H](C)CN([C@H](C)CO)C(=O)c2cc(NS(=O)(=O)c3cn(C)cn3)ccc2O1. The van der Waals surface area contributed by atoms with Gasteiger partial charge in [0, 0.05) is 57.3 Å². The van der Waals surface area contributed by atoms with Crippen LogP contribution in [0.3, 0.4) is 0 Å². The zero-order valence-corrected chi connectivity index (χ0v) is 28.4. The second-order valence-corrected chi connectivity index (χ2v) is 13.8. The first-order valence-corrected chi connectivity index (χ1v) is 17.3. The summed E-state index contributed by atoms with van der Waals surface area (Å²) in [6, 6.07) is 12.9. The molecule has 0 unspecified atom stereocenters. The van der Waals surface area contributed by atoms with E-state index in [1.54, 1.807) is 43.0 Å². The van der Waals surface area contributed by atoms with Gasteiger partial charge in [-0.1, -0.05) is 25.1 Å². The van der Waals surface area contributed by atoms with Crippen molar-refractivity contribution in [3.8, 4) is 5.75 Å². The summed E-state index contributed by atoms with van der Waals surface area (Å²) in [5.41, 5.74) is 0.992. The second-order valence-electron chi connectivity index (χ2n) is 12.2. The Bertz CT molecular complexity index is 1600. The number of aliphatic hydroxyl groups excluding tert-OH is 1. The van der Waals surface area contributed by atoms with Gasteiger partial charge >= 0.3 is 6.03 Å². The van der Waals surface area contributed by atoms with Crippen LogP contribution in [0.15, 0.2) is 66.1 Å². The van der Waals surface area contributed by atoms with Crippen molar-refractivity contribution >= 4 is 33.3 Å². The first-order valence-electron chi connectivity index (χ1n) is 15.8. The predicted octanol–water partition coefficient (Wildman–Crippen LogP) is 4.18. The monoisotopic (exact) mass is 670 g/mol. The van der Waals surface area contributed by atoms with E-state index in [1.807, 2.05) is 44.2 Å². The fourth-order valence-electron chi connectivity index (χ4n) is 5.28. The van der Waals surface area contributed by atoms with E-state index in [9.17, 15) is 23.1 Å². The number of carbonyl (C=O) groups is 2. The average Bonchev–Trinajstić information content (AvgIpc) is 3.50. The molecule has 0 fully saturated rings. The van der Waals surface area contributed by atoms with Gasteiger partial charge in [-0.25, -0.2) is 9.78 Å². The molecule has 256 valence electrons. The zero-order chi connectivity index (χ0) is 34.1. The number of aryl methyl sites for hydroxylation is 1. The number of urea groups is 1. The number of carbonyl (C=O) groups excluding carboxylic acids is 2. The average molecular weight is 671 g/mol. The number of hydrogen-bond donors (Lipinski definition) is 3. The number of nitrogens with one attached hydrogen (secondary N) is 2. The Kier molecular flexibility index (Phi) is 12.2. The number of nitrogens with zero attached hydrogens (tertiary/aromatic N) is 4. The van der Waals surface area contributed by atoms with Gasteiger partial charge < -0.3 is 34.3 Å². The van der Waals surface area contributed by atoms with Gasteiger partial charge in [-0.15, -0.1) is 0 Å². The van der Waals surface area contributed by atoms with Gasteiger partial charge in [-0.05, 0) is 63.4 Å². The van der Waals surface area contributed by atoms with Gasteiger partial charge in [0.05, 0.1) is 36.7 Å². The zero-order valence-electron chi connectivity index (χ0n) is 27.6. The third kappa shape index (κ3) is 9.69. The lowest BCUT2D eigenvalue weighted by molar-refractivity contribution is -0.0115. The Labute approximate surface area is 276 Å². The molecule has 2 aromatic carbocycles. The van der Waals surface area contributed by atoms with Crippen molar-refractivity contribution in [3.63, 3.8) is 0 Å². The molecule has 0 aliphatic carbocycles. The van der Waals surface area contributed by atoms with Gasteiger partial charge in [-0.3, -0.25) is 9.52 Å². The Morgan fingerprint density at radius 3 is 2.57 bits per heavy atom. The minimum absolute atomic E-state index is 0.152. The molecule has 1 aliphatic rings. The van der Waals surface area contributed by atoms with Gasteiger partial charge in [0.1, 0.15) is 5.75 Å². The normalized spacial score (nSPS) is 20.3. The standard InChI is InChI=1S/C33H46N6O7S/c1-23-18-39(24(2)21-40)32(41)28-17-27(36-47(43,44)31-20-37(4)22-34-31)14-15-29(28)46-25(3)11-9-10-16-45-30(23)19-38(5)33(42)35-26-12-7-6-8-13-26/h6-8,12-15,17,20,22-25,30,36,40H,9-11,16,18-19,21H2,1-5H3,(H,35,42)/t23-,24-,25-,30+/m1/s1. The molecule has 47 heavy (non-hydrogen) atoms. The molecular formula is C33H46N6O7S. The van der Waals surface area contributed by atoms with E-state index in [0.717, 1.165) is 12.8 Å². The topological polar surface area (TPSA) is 155 Å². The van der Waals surface area contributed by atoms with E-state index < -0.39 is 28.1 Å². The van der Waals surface area contributed by atoms with Gasteiger partial charge in [0.15, 0.2) is 5.03 Å². The largest absolute Gasteiger partial charge is 0.490 e. The quantitative estimate of drug-likeness (QED) is 0.323. The molecule has 0 spiro atoms. The molecule has 4 rings (SSSR count). The highest BCUT2D eigenvalue weighted by molar-refractivity contribution is 7.92.